The van der Waals surface area contributed by atoms with E-state index in [0.29, 0.717) is 12.5 Å². The standard InChI is InChI=1S/C19H24FN3O/c1-15-10-12-23(21-15)14-19(24)22-11-4-5-16(13-22)8-9-17-6-2-3-7-18(17)20/h2-3,6-7,10,12,16H,4-5,8-9,11,13-14H2,1H3/t16-/m1/s1. The molecule has 1 aromatic carbocycles. The van der Waals surface area contributed by atoms with Crippen LogP contribution in [0, 0.1) is 18.7 Å². The topological polar surface area (TPSA) is 38.1 Å². The number of carbonyl (C=O) groups is 1. The molecule has 0 spiro atoms. The molecule has 0 bridgehead atoms. The second kappa shape index (κ2) is 7.60. The van der Waals surface area contributed by atoms with E-state index in [-0.39, 0.29) is 11.7 Å². The molecule has 0 N–H and O–H groups in total. The Bertz CT molecular complexity index is 697. The Morgan fingerprint density at radius 3 is 2.92 bits per heavy atom. The SMILES string of the molecule is Cc1ccn(CC(=O)N2CCC[C@H](CCc3ccccc3F)C2)n1. The number of aromatic nitrogens is 2. The Kier molecular flexibility index (Phi) is 5.28. The summed E-state index contributed by atoms with van der Waals surface area (Å²) >= 11 is 0. The summed E-state index contributed by atoms with van der Waals surface area (Å²) in [5.74, 6) is 0.436. The minimum Gasteiger partial charge on any atom is -0.341 e. The lowest BCUT2D eigenvalue weighted by atomic mass is 9.91. The molecule has 1 saturated heterocycles. The van der Waals surface area contributed by atoms with Crippen molar-refractivity contribution in [1.82, 2.24) is 14.7 Å². The minimum absolute atomic E-state index is 0.119. The van der Waals surface area contributed by atoms with Gasteiger partial charge in [0.2, 0.25) is 5.91 Å². The number of aryl methyl sites for hydroxylation is 2. The Balaban J connectivity index is 1.52. The number of nitrogens with zero attached hydrogens (tertiary/aromatic N) is 3. The van der Waals surface area contributed by atoms with Crippen molar-refractivity contribution >= 4 is 5.91 Å². The van der Waals surface area contributed by atoms with E-state index in [1.165, 1.54) is 6.07 Å². The van der Waals surface area contributed by atoms with Gasteiger partial charge in [-0.15, -0.1) is 0 Å². The highest BCUT2D eigenvalue weighted by Gasteiger charge is 2.24. The van der Waals surface area contributed by atoms with Gasteiger partial charge in [-0.3, -0.25) is 9.48 Å². The van der Waals surface area contributed by atoms with Crippen LogP contribution >= 0.6 is 0 Å². The number of hydrogen-bond acceptors (Lipinski definition) is 2. The van der Waals surface area contributed by atoms with E-state index in [9.17, 15) is 9.18 Å². The summed E-state index contributed by atoms with van der Waals surface area (Å²) < 4.78 is 15.4. The van der Waals surface area contributed by atoms with E-state index in [2.05, 4.69) is 5.10 Å². The van der Waals surface area contributed by atoms with Crippen LogP contribution < -0.4 is 0 Å². The number of hydrogen-bond donors (Lipinski definition) is 0. The maximum absolute atomic E-state index is 13.7. The van der Waals surface area contributed by atoms with Gasteiger partial charge in [-0.2, -0.15) is 5.10 Å². The Labute approximate surface area is 142 Å². The monoisotopic (exact) mass is 329 g/mol. The first kappa shape index (κ1) is 16.7. The quantitative estimate of drug-likeness (QED) is 0.845. The van der Waals surface area contributed by atoms with Crippen molar-refractivity contribution in [1.29, 1.82) is 0 Å². The normalized spacial score (nSPS) is 17.9. The van der Waals surface area contributed by atoms with Crippen LogP contribution in [0.5, 0.6) is 0 Å². The van der Waals surface area contributed by atoms with E-state index in [1.807, 2.05) is 36.2 Å². The van der Waals surface area contributed by atoms with Gasteiger partial charge in [0.05, 0.1) is 5.69 Å². The summed E-state index contributed by atoms with van der Waals surface area (Å²) in [6, 6.07) is 8.86. The van der Waals surface area contributed by atoms with Crippen molar-refractivity contribution in [3.63, 3.8) is 0 Å². The highest BCUT2D eigenvalue weighted by atomic mass is 19.1. The first-order chi connectivity index (χ1) is 11.6. The molecule has 4 nitrogen and oxygen atoms in total. The number of benzene rings is 1. The zero-order valence-corrected chi connectivity index (χ0v) is 14.1. The van der Waals surface area contributed by atoms with Crippen LogP contribution in [-0.2, 0) is 17.8 Å². The number of amides is 1. The van der Waals surface area contributed by atoms with Crippen molar-refractivity contribution in [2.75, 3.05) is 13.1 Å². The second-order valence-electron chi connectivity index (χ2n) is 6.63. The highest BCUT2D eigenvalue weighted by molar-refractivity contribution is 5.76. The maximum atomic E-state index is 13.7. The summed E-state index contributed by atoms with van der Waals surface area (Å²) in [6.07, 6.45) is 5.63. The van der Waals surface area contributed by atoms with E-state index in [0.717, 1.165) is 50.0 Å². The molecule has 1 atom stereocenters. The van der Waals surface area contributed by atoms with Crippen molar-refractivity contribution in [2.24, 2.45) is 5.92 Å². The summed E-state index contributed by atoms with van der Waals surface area (Å²) in [5, 5.41) is 4.28. The molecule has 24 heavy (non-hydrogen) atoms. The smallest absolute Gasteiger partial charge is 0.244 e. The molecule has 1 aliphatic rings. The fraction of sp³-hybridized carbons (Fsp3) is 0.474. The molecule has 1 amide bonds. The van der Waals surface area contributed by atoms with Gasteiger partial charge in [0.1, 0.15) is 12.4 Å². The first-order valence-electron chi connectivity index (χ1n) is 8.63. The molecule has 128 valence electrons. The van der Waals surface area contributed by atoms with Crippen LogP contribution in [0.3, 0.4) is 0 Å². The van der Waals surface area contributed by atoms with Crippen LogP contribution in [-0.4, -0.2) is 33.7 Å². The summed E-state index contributed by atoms with van der Waals surface area (Å²) in [5.41, 5.74) is 1.69. The van der Waals surface area contributed by atoms with E-state index >= 15 is 0 Å². The molecule has 1 aromatic heterocycles. The van der Waals surface area contributed by atoms with Crippen LogP contribution in [0.15, 0.2) is 36.5 Å². The lowest BCUT2D eigenvalue weighted by Crippen LogP contribution is -2.41. The lowest BCUT2D eigenvalue weighted by molar-refractivity contribution is -0.133. The average Bonchev–Trinajstić information content (AvgIpc) is 2.99. The molecule has 5 heteroatoms. The summed E-state index contributed by atoms with van der Waals surface area (Å²) in [6.45, 7) is 3.80. The molecule has 0 aliphatic carbocycles. The van der Waals surface area contributed by atoms with Gasteiger partial charge in [0.15, 0.2) is 0 Å². The number of carbonyl (C=O) groups excluding carboxylic acids is 1. The highest BCUT2D eigenvalue weighted by Crippen LogP contribution is 2.22. The molecular weight excluding hydrogens is 305 g/mol. The fourth-order valence-corrected chi connectivity index (χ4v) is 3.38. The van der Waals surface area contributed by atoms with Gasteiger partial charge in [-0.05, 0) is 56.2 Å². The Morgan fingerprint density at radius 1 is 1.33 bits per heavy atom. The molecule has 0 saturated carbocycles. The molecule has 3 rings (SSSR count). The molecule has 1 fully saturated rings. The predicted molar refractivity (Wildman–Crippen MR) is 91.0 cm³/mol. The van der Waals surface area contributed by atoms with Crippen molar-refractivity contribution in [3.8, 4) is 0 Å². The van der Waals surface area contributed by atoms with Gasteiger partial charge in [-0.1, -0.05) is 18.2 Å². The molecule has 0 radical (unpaired) electrons. The molecule has 2 aromatic rings. The minimum atomic E-state index is -0.129. The van der Waals surface area contributed by atoms with Crippen LogP contribution in [0.4, 0.5) is 4.39 Å². The predicted octanol–water partition coefficient (Wildman–Crippen LogP) is 3.20. The van der Waals surface area contributed by atoms with Gasteiger partial charge < -0.3 is 4.90 Å². The number of piperidine rings is 1. The molecular formula is C19H24FN3O. The molecule has 2 heterocycles. The largest absolute Gasteiger partial charge is 0.341 e. The molecule has 0 unspecified atom stereocenters. The number of halogens is 1. The van der Waals surface area contributed by atoms with Gasteiger partial charge in [0.25, 0.3) is 0 Å². The molecule has 1 aliphatic heterocycles. The maximum Gasteiger partial charge on any atom is 0.244 e. The van der Waals surface area contributed by atoms with Gasteiger partial charge in [-0.25, -0.2) is 4.39 Å². The van der Waals surface area contributed by atoms with E-state index in [1.54, 1.807) is 10.7 Å². The Morgan fingerprint density at radius 2 is 2.17 bits per heavy atom. The first-order valence-corrected chi connectivity index (χ1v) is 8.63. The van der Waals surface area contributed by atoms with Crippen LogP contribution in [0.25, 0.3) is 0 Å². The second-order valence-corrected chi connectivity index (χ2v) is 6.63. The summed E-state index contributed by atoms with van der Waals surface area (Å²) in [4.78, 5) is 14.4. The third kappa shape index (κ3) is 4.22. The fourth-order valence-electron chi connectivity index (χ4n) is 3.38. The zero-order valence-electron chi connectivity index (χ0n) is 14.1. The van der Waals surface area contributed by atoms with Crippen LogP contribution in [0.1, 0.15) is 30.5 Å². The van der Waals surface area contributed by atoms with Crippen molar-refractivity contribution in [2.45, 2.75) is 39.2 Å². The Hall–Kier alpha value is -2.17. The number of likely N-dealkylation sites (tertiary alicyclic amines) is 1. The third-order valence-corrected chi connectivity index (χ3v) is 4.72. The van der Waals surface area contributed by atoms with Crippen LogP contribution in [0.2, 0.25) is 0 Å². The van der Waals surface area contributed by atoms with E-state index < -0.39 is 0 Å². The third-order valence-electron chi connectivity index (χ3n) is 4.72. The number of rotatable bonds is 5. The lowest BCUT2D eigenvalue weighted by Gasteiger charge is -2.33. The zero-order chi connectivity index (χ0) is 16.9. The van der Waals surface area contributed by atoms with Crippen molar-refractivity contribution < 1.29 is 9.18 Å². The summed E-state index contributed by atoms with van der Waals surface area (Å²) in [7, 11) is 0. The van der Waals surface area contributed by atoms with Gasteiger partial charge in [0, 0.05) is 19.3 Å². The van der Waals surface area contributed by atoms with E-state index in [4.69, 9.17) is 0 Å². The average molecular weight is 329 g/mol. The van der Waals surface area contributed by atoms with Gasteiger partial charge >= 0.3 is 0 Å². The van der Waals surface area contributed by atoms with Crippen molar-refractivity contribution in [3.05, 3.63) is 53.6 Å².